The van der Waals surface area contributed by atoms with Crippen LogP contribution < -0.4 is 20.5 Å². The van der Waals surface area contributed by atoms with Crippen molar-refractivity contribution in [2.45, 2.75) is 19.8 Å². The number of carbonyl (C=O) groups excluding carboxylic acids is 2. The van der Waals surface area contributed by atoms with E-state index in [4.69, 9.17) is 4.74 Å². The van der Waals surface area contributed by atoms with Crippen molar-refractivity contribution in [3.05, 3.63) is 65.7 Å². The summed E-state index contributed by atoms with van der Waals surface area (Å²) in [5, 5.41) is 0. The summed E-state index contributed by atoms with van der Waals surface area (Å²) in [4.78, 5) is 26.3. The number of anilines is 1. The maximum Gasteiger partial charge on any atom is 0.262 e. The normalized spacial score (nSPS) is 13.1. The van der Waals surface area contributed by atoms with Crippen molar-refractivity contribution >= 4 is 23.6 Å². The zero-order valence-corrected chi connectivity index (χ0v) is 16.0. The predicted octanol–water partition coefficient (Wildman–Crippen LogP) is 2.70. The Labute approximate surface area is 165 Å². The third kappa shape index (κ3) is 5.13. The van der Waals surface area contributed by atoms with Crippen molar-refractivity contribution in [3.63, 3.8) is 0 Å². The number of amides is 2. The quantitative estimate of drug-likeness (QED) is 0.598. The van der Waals surface area contributed by atoms with Gasteiger partial charge in [0.05, 0.1) is 13.2 Å². The largest absolute Gasteiger partial charge is 0.493 e. The Bertz CT molecular complexity index is 864. The fourth-order valence-electron chi connectivity index (χ4n) is 3.23. The number of fused-ring (bicyclic) bond motifs is 1. The van der Waals surface area contributed by atoms with E-state index in [1.165, 1.54) is 11.6 Å². The van der Waals surface area contributed by atoms with Crippen LogP contribution in [0, 0.1) is 0 Å². The maximum absolute atomic E-state index is 12.2. The lowest BCUT2D eigenvalue weighted by Gasteiger charge is -2.30. The number of ether oxygens (including phenoxy) is 1. The lowest BCUT2D eigenvalue weighted by Crippen LogP contribution is -2.47. The van der Waals surface area contributed by atoms with Crippen LogP contribution in [-0.4, -0.2) is 31.5 Å². The van der Waals surface area contributed by atoms with Crippen molar-refractivity contribution in [1.29, 1.82) is 0 Å². The molecule has 6 heteroatoms. The first-order valence-electron chi connectivity index (χ1n) is 9.49. The third-order valence-corrected chi connectivity index (χ3v) is 4.50. The van der Waals surface area contributed by atoms with E-state index in [0.717, 1.165) is 30.6 Å². The van der Waals surface area contributed by atoms with Crippen LogP contribution in [-0.2, 0) is 16.0 Å². The van der Waals surface area contributed by atoms with E-state index in [9.17, 15) is 9.59 Å². The summed E-state index contributed by atoms with van der Waals surface area (Å²) in [6, 6.07) is 15.6. The van der Waals surface area contributed by atoms with Crippen LogP contribution in [0.25, 0.3) is 6.08 Å². The Kier molecular flexibility index (Phi) is 6.68. The molecule has 0 saturated heterocycles. The van der Waals surface area contributed by atoms with Crippen LogP contribution in [0.5, 0.6) is 5.75 Å². The molecule has 2 aromatic rings. The first-order valence-corrected chi connectivity index (χ1v) is 9.49. The fraction of sp³-hybridized carbons (Fsp3) is 0.273. The average molecular weight is 379 g/mol. The van der Waals surface area contributed by atoms with E-state index in [2.05, 4.69) is 16.9 Å². The van der Waals surface area contributed by atoms with Crippen LogP contribution in [0.4, 0.5) is 5.69 Å². The molecule has 3 rings (SSSR count). The highest BCUT2D eigenvalue weighted by Gasteiger charge is 2.18. The lowest BCUT2D eigenvalue weighted by atomic mass is 10.0. The average Bonchev–Trinajstić information content (AvgIpc) is 2.72. The molecular formula is C22H25N3O3. The summed E-state index contributed by atoms with van der Waals surface area (Å²) in [6.07, 6.45) is 5.07. The van der Waals surface area contributed by atoms with Gasteiger partial charge in [-0.3, -0.25) is 20.4 Å². The Balaban J connectivity index is 1.51. The predicted molar refractivity (Wildman–Crippen MR) is 110 cm³/mol. The van der Waals surface area contributed by atoms with Gasteiger partial charge >= 0.3 is 0 Å². The fourth-order valence-corrected chi connectivity index (χ4v) is 3.23. The van der Waals surface area contributed by atoms with Gasteiger partial charge in [0.15, 0.2) is 0 Å². The molecule has 0 atom stereocenters. The van der Waals surface area contributed by atoms with Gasteiger partial charge in [-0.05, 0) is 43.5 Å². The Morgan fingerprint density at radius 3 is 2.75 bits per heavy atom. The molecule has 0 fully saturated rings. The Hall–Kier alpha value is -3.28. The molecule has 1 aliphatic rings. The van der Waals surface area contributed by atoms with Crippen LogP contribution in [0.2, 0.25) is 0 Å². The van der Waals surface area contributed by atoms with Crippen LogP contribution in [0.3, 0.4) is 0 Å². The number of aryl methyl sites for hydroxylation is 1. The highest BCUT2D eigenvalue weighted by atomic mass is 16.5. The first-order chi connectivity index (χ1) is 13.7. The van der Waals surface area contributed by atoms with E-state index < -0.39 is 5.91 Å². The topological polar surface area (TPSA) is 70.7 Å². The summed E-state index contributed by atoms with van der Waals surface area (Å²) in [5.74, 6) is 0.0497. The molecule has 0 spiro atoms. The van der Waals surface area contributed by atoms with Crippen molar-refractivity contribution in [2.24, 2.45) is 0 Å². The molecule has 1 aliphatic heterocycles. The van der Waals surface area contributed by atoms with Crippen LogP contribution in [0.1, 0.15) is 24.5 Å². The highest BCUT2D eigenvalue weighted by Crippen LogP contribution is 2.26. The molecule has 0 bridgehead atoms. The summed E-state index contributed by atoms with van der Waals surface area (Å²) in [7, 11) is 0. The summed E-state index contributed by atoms with van der Waals surface area (Å²) in [5.41, 5.74) is 8.04. The standard InChI is InChI=1S/C22H25N3O3/c1-2-28-20-12-6-4-9-18(20)13-14-21(26)23-24-22(27)16-25-15-7-10-17-8-3-5-11-19(17)25/h3-6,8-9,11-14H,2,7,10,15-16H2,1H3,(H,23,26)(H,24,27)/b14-13+. The Morgan fingerprint density at radius 1 is 1.11 bits per heavy atom. The molecule has 0 saturated carbocycles. The molecule has 2 amide bonds. The number of nitrogens with zero attached hydrogens (tertiary/aromatic N) is 1. The number of nitrogens with one attached hydrogen (secondary N) is 2. The highest BCUT2D eigenvalue weighted by molar-refractivity contribution is 5.94. The van der Waals surface area contributed by atoms with Gasteiger partial charge in [0.25, 0.3) is 11.8 Å². The second-order valence-electron chi connectivity index (χ2n) is 6.50. The maximum atomic E-state index is 12.2. The summed E-state index contributed by atoms with van der Waals surface area (Å²) >= 11 is 0. The van der Waals surface area contributed by atoms with Crippen molar-refractivity contribution < 1.29 is 14.3 Å². The first kappa shape index (κ1) is 19.5. The number of hydrogen-bond donors (Lipinski definition) is 2. The van der Waals surface area contributed by atoms with Gasteiger partial charge in [-0.25, -0.2) is 0 Å². The minimum absolute atomic E-state index is 0.203. The number of benzene rings is 2. The van der Waals surface area contributed by atoms with E-state index in [1.54, 1.807) is 6.08 Å². The summed E-state index contributed by atoms with van der Waals surface area (Å²) in [6.45, 7) is 3.48. The van der Waals surface area contributed by atoms with Gasteiger partial charge < -0.3 is 9.64 Å². The molecule has 2 aromatic carbocycles. The number of rotatable bonds is 6. The zero-order valence-electron chi connectivity index (χ0n) is 16.0. The number of carbonyl (C=O) groups is 2. The monoisotopic (exact) mass is 379 g/mol. The van der Waals surface area contributed by atoms with E-state index in [-0.39, 0.29) is 12.5 Å². The van der Waals surface area contributed by atoms with Gasteiger partial charge in [0, 0.05) is 23.9 Å². The van der Waals surface area contributed by atoms with Crippen molar-refractivity contribution in [2.75, 3.05) is 24.6 Å². The Morgan fingerprint density at radius 2 is 1.89 bits per heavy atom. The van der Waals surface area contributed by atoms with Gasteiger partial charge in [0.2, 0.25) is 0 Å². The molecule has 28 heavy (non-hydrogen) atoms. The van der Waals surface area contributed by atoms with Gasteiger partial charge in [-0.1, -0.05) is 36.4 Å². The molecule has 2 N–H and O–H groups in total. The van der Waals surface area contributed by atoms with Crippen LogP contribution in [0.15, 0.2) is 54.6 Å². The zero-order chi connectivity index (χ0) is 19.8. The van der Waals surface area contributed by atoms with Crippen LogP contribution >= 0.6 is 0 Å². The van der Waals surface area contributed by atoms with E-state index in [1.807, 2.05) is 54.3 Å². The molecule has 0 unspecified atom stereocenters. The number of para-hydroxylation sites is 2. The molecule has 0 aliphatic carbocycles. The second kappa shape index (κ2) is 9.60. The minimum Gasteiger partial charge on any atom is -0.493 e. The lowest BCUT2D eigenvalue weighted by molar-refractivity contribution is -0.125. The number of hydrazine groups is 1. The smallest absolute Gasteiger partial charge is 0.262 e. The molecule has 146 valence electrons. The molecule has 0 aromatic heterocycles. The minimum atomic E-state index is -0.404. The SMILES string of the molecule is CCOc1ccccc1/C=C/C(=O)NNC(=O)CN1CCCc2ccccc21. The second-order valence-corrected chi connectivity index (χ2v) is 6.50. The van der Waals surface area contributed by atoms with E-state index >= 15 is 0 Å². The molecule has 6 nitrogen and oxygen atoms in total. The van der Waals surface area contributed by atoms with E-state index in [0.29, 0.717) is 12.4 Å². The molecule has 1 heterocycles. The number of hydrogen-bond acceptors (Lipinski definition) is 4. The van der Waals surface area contributed by atoms with Crippen molar-refractivity contribution in [3.8, 4) is 5.75 Å². The van der Waals surface area contributed by atoms with Crippen molar-refractivity contribution in [1.82, 2.24) is 10.9 Å². The molecular weight excluding hydrogens is 354 g/mol. The summed E-state index contributed by atoms with van der Waals surface area (Å²) < 4.78 is 5.52. The molecule has 0 radical (unpaired) electrons. The van der Waals surface area contributed by atoms with Gasteiger partial charge in [-0.15, -0.1) is 0 Å². The van der Waals surface area contributed by atoms with Gasteiger partial charge in [0.1, 0.15) is 5.75 Å². The van der Waals surface area contributed by atoms with Gasteiger partial charge in [-0.2, -0.15) is 0 Å². The third-order valence-electron chi connectivity index (χ3n) is 4.50.